The minimum atomic E-state index is -1.61. The van der Waals surface area contributed by atoms with Crippen LogP contribution >= 0.6 is 0 Å². The third kappa shape index (κ3) is 3.54. The van der Waals surface area contributed by atoms with E-state index >= 15 is 0 Å². The topological polar surface area (TPSA) is 83.5 Å². The number of carbonyl (C=O) groups excluding carboxylic acids is 2. The predicted octanol–water partition coefficient (Wildman–Crippen LogP) is 1.75. The summed E-state index contributed by atoms with van der Waals surface area (Å²) < 4.78 is 0. The van der Waals surface area contributed by atoms with Gasteiger partial charge in [0.15, 0.2) is 11.8 Å². The fourth-order valence-electron chi connectivity index (χ4n) is 1.81. The lowest BCUT2D eigenvalue weighted by atomic mass is 10.0. The van der Waals surface area contributed by atoms with Crippen LogP contribution in [-0.2, 0) is 4.79 Å². The Kier molecular flexibility index (Phi) is 4.46. The van der Waals surface area contributed by atoms with Gasteiger partial charge < -0.3 is 10.4 Å². The van der Waals surface area contributed by atoms with Gasteiger partial charge in [0, 0.05) is 11.1 Å². The van der Waals surface area contributed by atoms with Crippen LogP contribution in [0.3, 0.4) is 0 Å². The average molecular weight is 283 g/mol. The number of hydrogen-bond donors (Lipinski definition) is 2. The molecule has 2 rings (SSSR count). The van der Waals surface area contributed by atoms with Crippen molar-refractivity contribution in [3.05, 3.63) is 71.8 Å². The molecule has 0 saturated heterocycles. The number of benzene rings is 2. The van der Waals surface area contributed by atoms with E-state index in [0.29, 0.717) is 5.56 Å². The van der Waals surface area contributed by atoms with Crippen molar-refractivity contribution in [3.63, 3.8) is 0 Å². The molecule has 0 aliphatic carbocycles. The van der Waals surface area contributed by atoms with Crippen LogP contribution in [-0.4, -0.2) is 28.8 Å². The second-order valence-corrected chi connectivity index (χ2v) is 4.34. The maximum absolute atomic E-state index is 12.2. The first-order valence-corrected chi connectivity index (χ1v) is 6.27. The fraction of sp³-hybridized carbons (Fsp3) is 0.0625. The van der Waals surface area contributed by atoms with Gasteiger partial charge in [0.05, 0.1) is 0 Å². The number of carboxylic acids is 1. The number of aliphatic carboxylic acids is 1. The molecule has 2 aromatic carbocycles. The Hall–Kier alpha value is -2.95. The third-order valence-corrected chi connectivity index (χ3v) is 2.88. The van der Waals surface area contributed by atoms with Crippen LogP contribution in [0.25, 0.3) is 0 Å². The van der Waals surface area contributed by atoms with Crippen LogP contribution in [0.1, 0.15) is 20.7 Å². The van der Waals surface area contributed by atoms with Gasteiger partial charge in [0.1, 0.15) is 0 Å². The minimum Gasteiger partial charge on any atom is -0.479 e. The Morgan fingerprint density at radius 1 is 0.810 bits per heavy atom. The molecule has 106 valence electrons. The Balaban J connectivity index is 2.19. The van der Waals surface area contributed by atoms with E-state index in [2.05, 4.69) is 5.32 Å². The van der Waals surface area contributed by atoms with E-state index in [9.17, 15) is 14.4 Å². The second kappa shape index (κ2) is 6.47. The van der Waals surface area contributed by atoms with Crippen molar-refractivity contribution in [3.8, 4) is 0 Å². The quantitative estimate of drug-likeness (QED) is 0.647. The first kappa shape index (κ1) is 14.5. The maximum Gasteiger partial charge on any atom is 0.334 e. The number of ketones is 1. The van der Waals surface area contributed by atoms with Crippen molar-refractivity contribution in [2.45, 2.75) is 6.04 Å². The van der Waals surface area contributed by atoms with Gasteiger partial charge in [-0.25, -0.2) is 4.79 Å². The van der Waals surface area contributed by atoms with Crippen LogP contribution in [0.15, 0.2) is 60.7 Å². The van der Waals surface area contributed by atoms with Gasteiger partial charge >= 0.3 is 5.97 Å². The molecular formula is C16H13NO4. The van der Waals surface area contributed by atoms with E-state index in [1.54, 1.807) is 48.5 Å². The summed E-state index contributed by atoms with van der Waals surface area (Å²) in [5.41, 5.74) is 0.530. The van der Waals surface area contributed by atoms with Crippen molar-refractivity contribution in [2.75, 3.05) is 0 Å². The summed E-state index contributed by atoms with van der Waals surface area (Å²) in [7, 11) is 0. The van der Waals surface area contributed by atoms with Gasteiger partial charge in [0.2, 0.25) is 0 Å². The molecule has 2 N–H and O–H groups in total. The molecular weight excluding hydrogens is 270 g/mol. The summed E-state index contributed by atoms with van der Waals surface area (Å²) in [5.74, 6) is -2.66. The summed E-state index contributed by atoms with van der Waals surface area (Å²) in [4.78, 5) is 35.4. The molecule has 1 amide bonds. The number of carbonyl (C=O) groups is 3. The van der Waals surface area contributed by atoms with Crippen molar-refractivity contribution in [1.82, 2.24) is 5.32 Å². The molecule has 0 aromatic heterocycles. The number of rotatable bonds is 5. The molecule has 0 fully saturated rings. The smallest absolute Gasteiger partial charge is 0.334 e. The van der Waals surface area contributed by atoms with Crippen LogP contribution < -0.4 is 5.32 Å². The molecule has 2 aromatic rings. The largest absolute Gasteiger partial charge is 0.479 e. The van der Waals surface area contributed by atoms with E-state index in [0.717, 1.165) is 0 Å². The lowest BCUT2D eigenvalue weighted by Gasteiger charge is -2.13. The highest BCUT2D eigenvalue weighted by molar-refractivity contribution is 6.14. The molecule has 0 aliphatic heterocycles. The monoisotopic (exact) mass is 283 g/mol. The highest BCUT2D eigenvalue weighted by Crippen LogP contribution is 2.06. The predicted molar refractivity (Wildman–Crippen MR) is 76.1 cm³/mol. The zero-order valence-corrected chi connectivity index (χ0v) is 11.0. The van der Waals surface area contributed by atoms with E-state index in [1.807, 2.05) is 0 Å². The molecule has 0 spiro atoms. The van der Waals surface area contributed by atoms with Crippen LogP contribution in [0.2, 0.25) is 0 Å². The molecule has 0 radical (unpaired) electrons. The molecule has 5 heteroatoms. The Labute approximate surface area is 121 Å². The minimum absolute atomic E-state index is 0.235. The van der Waals surface area contributed by atoms with Gasteiger partial charge in [-0.05, 0) is 12.1 Å². The van der Waals surface area contributed by atoms with Gasteiger partial charge in [-0.2, -0.15) is 0 Å². The lowest BCUT2D eigenvalue weighted by molar-refractivity contribution is -0.137. The van der Waals surface area contributed by atoms with Crippen molar-refractivity contribution in [1.29, 1.82) is 0 Å². The summed E-state index contributed by atoms with van der Waals surface area (Å²) in [6, 6.07) is 14.5. The first-order valence-electron chi connectivity index (χ1n) is 6.27. The number of carboxylic acid groups (broad SMARTS) is 1. The molecule has 0 bridgehead atoms. The van der Waals surface area contributed by atoms with E-state index in [4.69, 9.17) is 5.11 Å². The summed E-state index contributed by atoms with van der Waals surface area (Å²) in [6.45, 7) is 0. The standard InChI is InChI=1S/C16H13NO4/c18-14(11-7-3-1-4-8-11)13(16(20)21)17-15(19)12-9-5-2-6-10-12/h1-10,13H,(H,17,19)(H,20,21). The Morgan fingerprint density at radius 2 is 1.29 bits per heavy atom. The van der Waals surface area contributed by atoms with Gasteiger partial charge in [-0.3, -0.25) is 9.59 Å². The third-order valence-electron chi connectivity index (χ3n) is 2.88. The van der Waals surface area contributed by atoms with E-state index in [1.165, 1.54) is 12.1 Å². The number of amides is 1. The maximum atomic E-state index is 12.2. The zero-order chi connectivity index (χ0) is 15.2. The van der Waals surface area contributed by atoms with Crippen LogP contribution in [0, 0.1) is 0 Å². The molecule has 5 nitrogen and oxygen atoms in total. The Bertz CT molecular complexity index is 652. The highest BCUT2D eigenvalue weighted by atomic mass is 16.4. The number of hydrogen-bond acceptors (Lipinski definition) is 3. The van der Waals surface area contributed by atoms with Crippen LogP contribution in [0.4, 0.5) is 0 Å². The van der Waals surface area contributed by atoms with Crippen molar-refractivity contribution >= 4 is 17.7 Å². The Morgan fingerprint density at radius 3 is 1.76 bits per heavy atom. The molecule has 0 aliphatic rings. The van der Waals surface area contributed by atoms with Gasteiger partial charge in [-0.1, -0.05) is 48.5 Å². The fourth-order valence-corrected chi connectivity index (χ4v) is 1.81. The normalized spacial score (nSPS) is 11.4. The number of Topliss-reactive ketones (excluding diaryl/α,β-unsaturated/α-hetero) is 1. The number of nitrogens with one attached hydrogen (secondary N) is 1. The molecule has 21 heavy (non-hydrogen) atoms. The second-order valence-electron chi connectivity index (χ2n) is 4.34. The molecule has 0 heterocycles. The zero-order valence-electron chi connectivity index (χ0n) is 11.0. The van der Waals surface area contributed by atoms with E-state index < -0.39 is 23.7 Å². The summed E-state index contributed by atoms with van der Waals surface area (Å²) in [5, 5.41) is 11.4. The van der Waals surface area contributed by atoms with E-state index in [-0.39, 0.29) is 5.56 Å². The molecule has 1 unspecified atom stereocenters. The molecule has 1 atom stereocenters. The van der Waals surface area contributed by atoms with Crippen molar-refractivity contribution < 1.29 is 19.5 Å². The van der Waals surface area contributed by atoms with Gasteiger partial charge in [-0.15, -0.1) is 0 Å². The van der Waals surface area contributed by atoms with Crippen molar-refractivity contribution in [2.24, 2.45) is 0 Å². The van der Waals surface area contributed by atoms with Crippen LogP contribution in [0.5, 0.6) is 0 Å². The molecule has 0 saturated carbocycles. The highest BCUT2D eigenvalue weighted by Gasteiger charge is 2.29. The first-order chi connectivity index (χ1) is 10.1. The SMILES string of the molecule is O=C(NC(C(=O)O)C(=O)c1ccccc1)c1ccccc1. The van der Waals surface area contributed by atoms with Gasteiger partial charge in [0.25, 0.3) is 5.91 Å². The lowest BCUT2D eigenvalue weighted by Crippen LogP contribution is -2.46. The summed E-state index contributed by atoms with van der Waals surface area (Å²) >= 11 is 0. The summed E-state index contributed by atoms with van der Waals surface area (Å²) in [6.07, 6.45) is 0. The average Bonchev–Trinajstić information content (AvgIpc) is 2.53.